The van der Waals surface area contributed by atoms with Crippen LogP contribution < -0.4 is 0 Å². The number of rotatable bonds is 0. The molecule has 1 saturated heterocycles. The van der Waals surface area contributed by atoms with Crippen LogP contribution in [0.3, 0.4) is 0 Å². The molecule has 5 atom stereocenters. The van der Waals surface area contributed by atoms with Gasteiger partial charge in [-0.3, -0.25) is 4.79 Å². The first-order valence-corrected chi connectivity index (χ1v) is 5.58. The van der Waals surface area contributed by atoms with Crippen molar-refractivity contribution in [2.45, 2.75) is 31.9 Å². The van der Waals surface area contributed by atoms with E-state index in [4.69, 9.17) is 0 Å². The summed E-state index contributed by atoms with van der Waals surface area (Å²) in [6, 6.07) is 0. The molecule has 1 unspecified atom stereocenters. The Labute approximate surface area is 84.1 Å². The molecule has 4 bridgehead atoms. The average Bonchev–Trinajstić information content (AvgIpc) is 2.46. The lowest BCUT2D eigenvalue weighted by atomic mass is 9.77. The number of hydrogen-bond donors (Lipinski definition) is 1. The highest BCUT2D eigenvalue weighted by Gasteiger charge is 2.69. The van der Waals surface area contributed by atoms with Gasteiger partial charge < -0.3 is 10.0 Å². The third kappa shape index (κ3) is 0.659. The summed E-state index contributed by atoms with van der Waals surface area (Å²) in [7, 11) is 1.76. The van der Waals surface area contributed by atoms with E-state index in [0.717, 1.165) is 12.8 Å². The monoisotopic (exact) mass is 195 g/mol. The van der Waals surface area contributed by atoms with Gasteiger partial charge in [-0.2, -0.15) is 0 Å². The molecule has 2 aliphatic carbocycles. The molecule has 0 spiro atoms. The Kier molecular flexibility index (Phi) is 1.45. The van der Waals surface area contributed by atoms with E-state index in [9.17, 15) is 9.90 Å². The van der Waals surface area contributed by atoms with Crippen molar-refractivity contribution in [1.82, 2.24) is 4.90 Å². The third-order valence-electron chi connectivity index (χ3n) is 4.96. The molecular formula is C11H17NO2. The van der Waals surface area contributed by atoms with Gasteiger partial charge in [0, 0.05) is 24.8 Å². The summed E-state index contributed by atoms with van der Waals surface area (Å²) in [5, 5.41) is 10.6. The molecule has 0 radical (unpaired) electrons. The van der Waals surface area contributed by atoms with E-state index in [1.54, 1.807) is 11.9 Å². The number of piperidine rings is 1. The summed E-state index contributed by atoms with van der Waals surface area (Å²) in [6.07, 6.45) is 3.34. The fourth-order valence-electron chi connectivity index (χ4n) is 4.23. The van der Waals surface area contributed by atoms with Gasteiger partial charge in [-0.25, -0.2) is 0 Å². The van der Waals surface area contributed by atoms with E-state index in [1.165, 1.54) is 6.42 Å². The van der Waals surface area contributed by atoms with Crippen LogP contribution in [0.15, 0.2) is 0 Å². The Hall–Kier alpha value is -0.570. The van der Waals surface area contributed by atoms with Crippen molar-refractivity contribution in [2.24, 2.45) is 23.7 Å². The molecule has 3 heteroatoms. The first-order chi connectivity index (χ1) is 6.58. The van der Waals surface area contributed by atoms with E-state index >= 15 is 0 Å². The van der Waals surface area contributed by atoms with E-state index in [0.29, 0.717) is 5.92 Å². The maximum absolute atomic E-state index is 11.9. The van der Waals surface area contributed by atoms with Crippen molar-refractivity contribution in [3.05, 3.63) is 0 Å². The minimum Gasteiger partial charge on any atom is -0.370 e. The van der Waals surface area contributed by atoms with Gasteiger partial charge in [-0.15, -0.1) is 0 Å². The summed E-state index contributed by atoms with van der Waals surface area (Å²) in [4.78, 5) is 13.5. The minimum absolute atomic E-state index is 0.133. The number of carbonyl (C=O) groups is 1. The SMILES string of the molecule is CC1[C@@H]2CCC[C@H]3[C@@H]2C(=O)N(C)[C@@]13O. The van der Waals surface area contributed by atoms with Crippen molar-refractivity contribution in [2.75, 3.05) is 7.05 Å². The summed E-state index contributed by atoms with van der Waals surface area (Å²) in [5.74, 6) is 1.24. The molecule has 1 N–H and O–H groups in total. The van der Waals surface area contributed by atoms with E-state index < -0.39 is 5.72 Å². The molecule has 1 heterocycles. The van der Waals surface area contributed by atoms with Crippen LogP contribution in [-0.4, -0.2) is 28.7 Å². The highest BCUT2D eigenvalue weighted by molar-refractivity contribution is 5.84. The van der Waals surface area contributed by atoms with Gasteiger partial charge in [0.25, 0.3) is 0 Å². The third-order valence-corrected chi connectivity index (χ3v) is 4.96. The summed E-state index contributed by atoms with van der Waals surface area (Å²) in [5.41, 5.74) is -0.817. The zero-order valence-electron chi connectivity index (χ0n) is 8.73. The van der Waals surface area contributed by atoms with Crippen LogP contribution >= 0.6 is 0 Å². The van der Waals surface area contributed by atoms with Crippen LogP contribution in [0.2, 0.25) is 0 Å². The molecule has 1 amide bonds. The molecule has 78 valence electrons. The Bertz CT molecular complexity index is 304. The molecule has 3 fully saturated rings. The number of likely N-dealkylation sites (tertiary alicyclic amines) is 1. The smallest absolute Gasteiger partial charge is 0.228 e. The zero-order valence-corrected chi connectivity index (χ0v) is 8.73. The number of aliphatic hydroxyl groups is 1. The largest absolute Gasteiger partial charge is 0.370 e. The van der Waals surface area contributed by atoms with Crippen molar-refractivity contribution < 1.29 is 9.90 Å². The van der Waals surface area contributed by atoms with Gasteiger partial charge in [-0.1, -0.05) is 13.3 Å². The Morgan fingerprint density at radius 1 is 1.50 bits per heavy atom. The van der Waals surface area contributed by atoms with Crippen molar-refractivity contribution in [3.8, 4) is 0 Å². The van der Waals surface area contributed by atoms with Crippen molar-refractivity contribution in [1.29, 1.82) is 0 Å². The van der Waals surface area contributed by atoms with Gasteiger partial charge in [0.15, 0.2) is 0 Å². The second-order valence-corrected chi connectivity index (χ2v) is 5.20. The topological polar surface area (TPSA) is 40.5 Å². The summed E-state index contributed by atoms with van der Waals surface area (Å²) >= 11 is 0. The highest BCUT2D eigenvalue weighted by atomic mass is 16.3. The zero-order chi connectivity index (χ0) is 10.1. The Morgan fingerprint density at radius 2 is 2.21 bits per heavy atom. The molecule has 2 saturated carbocycles. The van der Waals surface area contributed by atoms with E-state index in [1.807, 2.05) is 0 Å². The summed E-state index contributed by atoms with van der Waals surface area (Å²) in [6.45, 7) is 2.10. The molecule has 0 aromatic rings. The van der Waals surface area contributed by atoms with Gasteiger partial charge in [-0.05, 0) is 18.8 Å². The summed E-state index contributed by atoms with van der Waals surface area (Å²) < 4.78 is 0. The van der Waals surface area contributed by atoms with Crippen molar-refractivity contribution in [3.63, 3.8) is 0 Å². The maximum Gasteiger partial charge on any atom is 0.228 e. The average molecular weight is 195 g/mol. The normalized spacial score (nSPS) is 55.6. The molecule has 3 nitrogen and oxygen atoms in total. The van der Waals surface area contributed by atoms with Gasteiger partial charge in [0.1, 0.15) is 5.72 Å². The van der Waals surface area contributed by atoms with E-state index in [2.05, 4.69) is 6.92 Å². The number of amides is 1. The van der Waals surface area contributed by atoms with Crippen LogP contribution in [-0.2, 0) is 4.79 Å². The van der Waals surface area contributed by atoms with Gasteiger partial charge in [0.2, 0.25) is 5.91 Å². The van der Waals surface area contributed by atoms with Crippen LogP contribution in [0, 0.1) is 23.7 Å². The predicted octanol–water partition coefficient (Wildman–Crippen LogP) is 0.829. The number of nitrogens with zero attached hydrogens (tertiary/aromatic N) is 1. The molecule has 1 aliphatic heterocycles. The second-order valence-electron chi connectivity index (χ2n) is 5.20. The Balaban J connectivity index is 2.12. The van der Waals surface area contributed by atoms with Crippen molar-refractivity contribution >= 4 is 5.91 Å². The Morgan fingerprint density at radius 3 is 2.86 bits per heavy atom. The minimum atomic E-state index is -0.817. The maximum atomic E-state index is 11.9. The van der Waals surface area contributed by atoms with Crippen LogP contribution in [0.1, 0.15) is 26.2 Å². The number of hydrogen-bond acceptors (Lipinski definition) is 2. The fraction of sp³-hybridized carbons (Fsp3) is 0.909. The first-order valence-electron chi connectivity index (χ1n) is 5.58. The lowest BCUT2D eigenvalue weighted by Crippen LogP contribution is -2.53. The molecule has 3 rings (SSSR count). The molecule has 0 aromatic carbocycles. The second kappa shape index (κ2) is 2.32. The number of carbonyl (C=O) groups excluding carboxylic acids is 1. The highest BCUT2D eigenvalue weighted by Crippen LogP contribution is 2.61. The molecular weight excluding hydrogens is 178 g/mol. The molecule has 14 heavy (non-hydrogen) atoms. The van der Waals surface area contributed by atoms with Crippen LogP contribution in [0.25, 0.3) is 0 Å². The first kappa shape index (κ1) is 8.72. The quantitative estimate of drug-likeness (QED) is 0.622. The van der Waals surface area contributed by atoms with Crippen LogP contribution in [0.5, 0.6) is 0 Å². The van der Waals surface area contributed by atoms with Crippen LogP contribution in [0.4, 0.5) is 0 Å². The van der Waals surface area contributed by atoms with Gasteiger partial charge in [0.05, 0.1) is 0 Å². The lowest BCUT2D eigenvalue weighted by Gasteiger charge is -2.39. The fourth-order valence-corrected chi connectivity index (χ4v) is 4.23. The predicted molar refractivity (Wildman–Crippen MR) is 51.2 cm³/mol. The van der Waals surface area contributed by atoms with Gasteiger partial charge >= 0.3 is 0 Å². The lowest BCUT2D eigenvalue weighted by molar-refractivity contribution is -0.165. The molecule has 0 aromatic heterocycles. The molecule has 3 aliphatic rings. The standard InChI is InChI=1S/C11H17NO2/c1-6-7-4-3-5-8-9(7)10(13)12(2)11(6,8)14/h6-9,14H,3-5H2,1-2H3/t6?,7-,8-,9+,11+/m0/s1. The van der Waals surface area contributed by atoms with E-state index in [-0.39, 0.29) is 23.7 Å².